The Morgan fingerprint density at radius 2 is 2.08 bits per heavy atom. The molecule has 1 aromatic carbocycles. The number of hydrogen-bond donors (Lipinski definition) is 1. The van der Waals surface area contributed by atoms with Crippen molar-refractivity contribution in [3.05, 3.63) is 22.7 Å². The van der Waals surface area contributed by atoms with Gasteiger partial charge in [0.25, 0.3) is 5.91 Å². The highest BCUT2D eigenvalue weighted by atomic mass is 35.5. The fourth-order valence-electron chi connectivity index (χ4n) is 2.61. The van der Waals surface area contributed by atoms with Crippen molar-refractivity contribution in [2.45, 2.75) is 26.7 Å². The van der Waals surface area contributed by atoms with Gasteiger partial charge in [-0.15, -0.1) is 12.4 Å². The highest BCUT2D eigenvalue weighted by Crippen LogP contribution is 2.37. The number of rotatable bonds is 6. The predicted octanol–water partition coefficient (Wildman–Crippen LogP) is 3.63. The average Bonchev–Trinajstić information content (AvgIpc) is 2.84. The number of carbonyl (C=O) groups is 1. The fraction of sp³-hybridized carbons (Fsp3) is 0.611. The third kappa shape index (κ3) is 6.24. The first-order valence-electron chi connectivity index (χ1n) is 8.53. The Hall–Kier alpha value is -1.17. The summed E-state index contributed by atoms with van der Waals surface area (Å²) in [5.74, 6) is 1.54. The lowest BCUT2D eigenvalue weighted by molar-refractivity contribution is 0.0766. The topological polar surface area (TPSA) is 50.8 Å². The van der Waals surface area contributed by atoms with Gasteiger partial charge >= 0.3 is 0 Å². The van der Waals surface area contributed by atoms with Crippen LogP contribution in [0.4, 0.5) is 0 Å². The van der Waals surface area contributed by atoms with Crippen molar-refractivity contribution < 1.29 is 14.3 Å². The SMILES string of the molecule is COc1cc(C(=O)N2CCCNCC2)cc(Cl)c1OCCC(C)C.Cl. The van der Waals surface area contributed by atoms with E-state index in [0.717, 1.165) is 32.5 Å². The van der Waals surface area contributed by atoms with Crippen molar-refractivity contribution in [2.24, 2.45) is 5.92 Å². The number of nitrogens with zero attached hydrogens (tertiary/aromatic N) is 1. The van der Waals surface area contributed by atoms with E-state index in [-0.39, 0.29) is 18.3 Å². The number of benzene rings is 1. The Balaban J connectivity index is 0.00000312. The van der Waals surface area contributed by atoms with Crippen LogP contribution in [0.1, 0.15) is 37.0 Å². The van der Waals surface area contributed by atoms with Crippen LogP contribution in [-0.2, 0) is 0 Å². The molecule has 25 heavy (non-hydrogen) atoms. The summed E-state index contributed by atoms with van der Waals surface area (Å²) < 4.78 is 11.2. The molecule has 1 aliphatic rings. The number of halogens is 2. The standard InChI is InChI=1S/C18H27ClN2O3.ClH/c1-13(2)5-10-24-17-15(19)11-14(12-16(17)23-3)18(22)21-8-4-6-20-7-9-21;/h11-13,20H,4-10H2,1-3H3;1H. The maximum absolute atomic E-state index is 12.7. The summed E-state index contributed by atoms with van der Waals surface area (Å²) in [5, 5.41) is 3.71. The van der Waals surface area contributed by atoms with Gasteiger partial charge in [0.15, 0.2) is 11.5 Å². The lowest BCUT2D eigenvalue weighted by atomic mass is 10.1. The lowest BCUT2D eigenvalue weighted by Crippen LogP contribution is -2.34. The quantitative estimate of drug-likeness (QED) is 0.805. The number of amides is 1. The number of methoxy groups -OCH3 is 1. The Morgan fingerprint density at radius 3 is 2.76 bits per heavy atom. The minimum atomic E-state index is -0.0207. The molecule has 0 aromatic heterocycles. The molecule has 0 aliphatic carbocycles. The second-order valence-electron chi connectivity index (χ2n) is 6.42. The molecule has 0 saturated carbocycles. The van der Waals surface area contributed by atoms with Crippen molar-refractivity contribution in [1.82, 2.24) is 10.2 Å². The van der Waals surface area contributed by atoms with Gasteiger partial charge in [-0.2, -0.15) is 0 Å². The molecule has 0 radical (unpaired) electrons. The molecule has 0 spiro atoms. The third-order valence-corrected chi connectivity index (χ3v) is 4.33. The third-order valence-electron chi connectivity index (χ3n) is 4.05. The average molecular weight is 391 g/mol. The van der Waals surface area contributed by atoms with Gasteiger partial charge in [0.05, 0.1) is 18.7 Å². The van der Waals surface area contributed by atoms with Crippen molar-refractivity contribution >= 4 is 29.9 Å². The zero-order valence-corrected chi connectivity index (χ0v) is 16.7. The first-order valence-corrected chi connectivity index (χ1v) is 8.91. The van der Waals surface area contributed by atoms with Gasteiger partial charge in [-0.25, -0.2) is 0 Å². The molecule has 0 atom stereocenters. The molecule has 142 valence electrons. The molecule has 1 heterocycles. The van der Waals surface area contributed by atoms with E-state index < -0.39 is 0 Å². The van der Waals surface area contributed by atoms with E-state index >= 15 is 0 Å². The molecule has 1 saturated heterocycles. The van der Waals surface area contributed by atoms with Crippen LogP contribution in [0, 0.1) is 5.92 Å². The highest BCUT2D eigenvalue weighted by Gasteiger charge is 2.21. The van der Waals surface area contributed by atoms with Gasteiger partial charge < -0.3 is 19.7 Å². The molecular weight excluding hydrogens is 363 g/mol. The molecule has 1 fully saturated rings. The normalized spacial score (nSPS) is 14.7. The van der Waals surface area contributed by atoms with Crippen LogP contribution in [0.3, 0.4) is 0 Å². The lowest BCUT2D eigenvalue weighted by Gasteiger charge is -2.21. The van der Waals surface area contributed by atoms with Gasteiger partial charge in [-0.1, -0.05) is 25.4 Å². The minimum absolute atomic E-state index is 0. The molecule has 1 amide bonds. The fourth-order valence-corrected chi connectivity index (χ4v) is 2.88. The van der Waals surface area contributed by atoms with E-state index in [0.29, 0.717) is 41.2 Å². The number of carbonyl (C=O) groups excluding carboxylic acids is 1. The smallest absolute Gasteiger partial charge is 0.254 e. The van der Waals surface area contributed by atoms with E-state index in [1.165, 1.54) is 0 Å². The predicted molar refractivity (Wildman–Crippen MR) is 104 cm³/mol. The van der Waals surface area contributed by atoms with Crippen LogP contribution in [-0.4, -0.2) is 50.7 Å². The van der Waals surface area contributed by atoms with Gasteiger partial charge in [-0.3, -0.25) is 4.79 Å². The van der Waals surface area contributed by atoms with Gasteiger partial charge in [0.1, 0.15) is 0 Å². The van der Waals surface area contributed by atoms with Crippen LogP contribution in [0.25, 0.3) is 0 Å². The maximum atomic E-state index is 12.7. The van der Waals surface area contributed by atoms with Gasteiger partial charge in [0, 0.05) is 25.2 Å². The first kappa shape index (κ1) is 21.9. The van der Waals surface area contributed by atoms with E-state index in [1.807, 2.05) is 4.90 Å². The van der Waals surface area contributed by atoms with Crippen LogP contribution in [0.2, 0.25) is 5.02 Å². The first-order chi connectivity index (χ1) is 11.5. The maximum Gasteiger partial charge on any atom is 0.254 e. The summed E-state index contributed by atoms with van der Waals surface area (Å²) in [6.07, 6.45) is 1.88. The minimum Gasteiger partial charge on any atom is -0.493 e. The Kier molecular flexibility index (Phi) is 9.39. The van der Waals surface area contributed by atoms with Crippen molar-refractivity contribution in [3.63, 3.8) is 0 Å². The number of hydrogen-bond acceptors (Lipinski definition) is 4. The number of nitrogens with one attached hydrogen (secondary N) is 1. The van der Waals surface area contributed by atoms with E-state index in [1.54, 1.807) is 19.2 Å². The molecule has 1 aliphatic heterocycles. The summed E-state index contributed by atoms with van der Waals surface area (Å²) >= 11 is 6.36. The van der Waals surface area contributed by atoms with Gasteiger partial charge in [0.2, 0.25) is 0 Å². The van der Waals surface area contributed by atoms with Crippen molar-refractivity contribution in [3.8, 4) is 11.5 Å². The molecule has 5 nitrogen and oxygen atoms in total. The van der Waals surface area contributed by atoms with E-state index in [9.17, 15) is 4.79 Å². The van der Waals surface area contributed by atoms with Crippen LogP contribution >= 0.6 is 24.0 Å². The van der Waals surface area contributed by atoms with Gasteiger partial charge in [-0.05, 0) is 37.4 Å². The Labute approximate surface area is 161 Å². The summed E-state index contributed by atoms with van der Waals surface area (Å²) in [5.41, 5.74) is 0.537. The van der Waals surface area contributed by atoms with Crippen molar-refractivity contribution in [1.29, 1.82) is 0 Å². The Bertz CT molecular complexity index is 559. The summed E-state index contributed by atoms with van der Waals surface area (Å²) in [6, 6.07) is 3.40. The second kappa shape index (κ2) is 10.7. The van der Waals surface area contributed by atoms with E-state index in [4.69, 9.17) is 21.1 Å². The van der Waals surface area contributed by atoms with Crippen LogP contribution < -0.4 is 14.8 Å². The zero-order valence-electron chi connectivity index (χ0n) is 15.1. The molecule has 2 rings (SSSR count). The molecular formula is C18H28Cl2N2O3. The summed E-state index contributed by atoms with van der Waals surface area (Å²) in [4.78, 5) is 14.6. The van der Waals surface area contributed by atoms with E-state index in [2.05, 4.69) is 19.2 Å². The molecule has 1 N–H and O–H groups in total. The molecule has 7 heteroatoms. The second-order valence-corrected chi connectivity index (χ2v) is 6.82. The van der Waals surface area contributed by atoms with Crippen LogP contribution in [0.15, 0.2) is 12.1 Å². The van der Waals surface area contributed by atoms with Crippen LogP contribution in [0.5, 0.6) is 11.5 Å². The highest BCUT2D eigenvalue weighted by molar-refractivity contribution is 6.32. The molecule has 0 bridgehead atoms. The molecule has 0 unspecified atom stereocenters. The molecule has 1 aromatic rings. The summed E-state index contributed by atoms with van der Waals surface area (Å²) in [7, 11) is 1.56. The Morgan fingerprint density at radius 1 is 1.32 bits per heavy atom. The summed E-state index contributed by atoms with van der Waals surface area (Å²) in [6.45, 7) is 8.05. The zero-order chi connectivity index (χ0) is 17.5. The van der Waals surface area contributed by atoms with Crippen molar-refractivity contribution in [2.75, 3.05) is 39.9 Å². The largest absolute Gasteiger partial charge is 0.493 e. The number of ether oxygens (including phenoxy) is 2. The monoisotopic (exact) mass is 390 g/mol.